The smallest absolute Gasteiger partial charge is 0.339 e. The van der Waals surface area contributed by atoms with Gasteiger partial charge in [-0.05, 0) is 11.6 Å². The minimum Gasteiger partial charge on any atom is -0.445 e. The topological polar surface area (TPSA) is 26.3 Å². The van der Waals surface area contributed by atoms with E-state index in [4.69, 9.17) is 4.74 Å². The van der Waals surface area contributed by atoms with Gasteiger partial charge in [0, 0.05) is 17.5 Å². The minimum atomic E-state index is -0.754. The summed E-state index contributed by atoms with van der Waals surface area (Å²) >= 11 is 0. The monoisotopic (exact) mass is 300 g/mol. The first kappa shape index (κ1) is 13.8. The zero-order chi connectivity index (χ0) is 15.7. The van der Waals surface area contributed by atoms with E-state index in [1.165, 1.54) is 0 Å². The average molecular weight is 300 g/mol. The highest BCUT2D eigenvalue weighted by atomic mass is 16.6. The van der Waals surface area contributed by atoms with Crippen LogP contribution < -0.4 is 0 Å². The summed E-state index contributed by atoms with van der Waals surface area (Å²) in [4.78, 5) is 12.4. The van der Waals surface area contributed by atoms with E-state index in [2.05, 4.69) is 12.1 Å². The maximum absolute atomic E-state index is 12.4. The molecular formula is C21H16O2. The highest BCUT2D eigenvalue weighted by molar-refractivity contribution is 5.95. The van der Waals surface area contributed by atoms with Crippen molar-refractivity contribution in [2.45, 2.75) is 12.0 Å². The summed E-state index contributed by atoms with van der Waals surface area (Å²) in [6, 6.07) is 27.8. The van der Waals surface area contributed by atoms with Crippen molar-refractivity contribution in [3.05, 3.63) is 107 Å². The van der Waals surface area contributed by atoms with Crippen molar-refractivity contribution in [2.75, 3.05) is 0 Å². The molecule has 0 radical (unpaired) electrons. The average Bonchev–Trinajstić information content (AvgIpc) is 2.90. The molecule has 2 nitrogen and oxygen atoms in total. The molecule has 0 N–H and O–H groups in total. The number of hydrogen-bond acceptors (Lipinski definition) is 2. The maximum atomic E-state index is 12.4. The first-order chi connectivity index (χ1) is 11.3. The van der Waals surface area contributed by atoms with Crippen LogP contribution in [0, 0.1) is 0 Å². The normalized spacial score (nSPS) is 19.2. The number of ether oxygens (including phenoxy) is 1. The van der Waals surface area contributed by atoms with Crippen molar-refractivity contribution in [1.82, 2.24) is 0 Å². The third-order valence-corrected chi connectivity index (χ3v) is 4.38. The molecule has 0 aromatic heterocycles. The lowest BCUT2D eigenvalue weighted by molar-refractivity contribution is 0.0109. The van der Waals surface area contributed by atoms with Gasteiger partial charge in [0.15, 0.2) is 5.60 Å². The number of carbonyl (C=O) groups excluding carboxylic acids is 1. The Kier molecular flexibility index (Phi) is 3.23. The van der Waals surface area contributed by atoms with Gasteiger partial charge in [-0.2, -0.15) is 0 Å². The molecule has 0 bridgehead atoms. The molecule has 1 atom stereocenters. The van der Waals surface area contributed by atoms with Gasteiger partial charge in [-0.25, -0.2) is 4.79 Å². The van der Waals surface area contributed by atoms with Gasteiger partial charge in [0.25, 0.3) is 0 Å². The fraction of sp³-hybridized carbons (Fsp3) is 0.0952. The molecule has 112 valence electrons. The first-order valence-corrected chi connectivity index (χ1v) is 7.72. The van der Waals surface area contributed by atoms with Gasteiger partial charge in [0.1, 0.15) is 0 Å². The molecule has 4 rings (SSSR count). The molecule has 0 spiro atoms. The van der Waals surface area contributed by atoms with Gasteiger partial charge >= 0.3 is 5.97 Å². The predicted molar refractivity (Wildman–Crippen MR) is 89.2 cm³/mol. The lowest BCUT2D eigenvalue weighted by atomic mass is 9.81. The Morgan fingerprint density at radius 1 is 0.739 bits per heavy atom. The Bertz CT molecular complexity index is 840. The number of esters is 1. The first-order valence-electron chi connectivity index (χ1n) is 7.72. The largest absolute Gasteiger partial charge is 0.445 e. The summed E-state index contributed by atoms with van der Waals surface area (Å²) in [5.41, 5.74) is 2.99. The number of cyclic esters (lactones) is 1. The van der Waals surface area contributed by atoms with E-state index in [0.29, 0.717) is 12.0 Å². The molecule has 23 heavy (non-hydrogen) atoms. The van der Waals surface area contributed by atoms with Crippen molar-refractivity contribution >= 4 is 5.97 Å². The fourth-order valence-corrected chi connectivity index (χ4v) is 3.32. The Labute approximate surface area is 135 Å². The van der Waals surface area contributed by atoms with Gasteiger partial charge in [-0.3, -0.25) is 0 Å². The van der Waals surface area contributed by atoms with Crippen LogP contribution in [0.5, 0.6) is 0 Å². The Morgan fingerprint density at radius 3 is 2.09 bits per heavy atom. The molecule has 2 heteroatoms. The summed E-state index contributed by atoms with van der Waals surface area (Å²) in [6.07, 6.45) is 0.626. The van der Waals surface area contributed by atoms with Crippen LogP contribution in [0.4, 0.5) is 0 Å². The Balaban J connectivity index is 1.92. The lowest BCUT2D eigenvalue weighted by Gasteiger charge is -2.30. The van der Waals surface area contributed by atoms with Crippen LogP contribution >= 0.6 is 0 Å². The van der Waals surface area contributed by atoms with Crippen LogP contribution in [0.1, 0.15) is 27.0 Å². The molecule has 0 amide bonds. The number of carbonyl (C=O) groups is 1. The minimum absolute atomic E-state index is 0.250. The summed E-state index contributed by atoms with van der Waals surface area (Å²) in [7, 11) is 0. The maximum Gasteiger partial charge on any atom is 0.339 e. The highest BCUT2D eigenvalue weighted by Crippen LogP contribution is 2.44. The van der Waals surface area contributed by atoms with Crippen LogP contribution in [0.3, 0.4) is 0 Å². The second-order valence-corrected chi connectivity index (χ2v) is 5.79. The van der Waals surface area contributed by atoms with E-state index >= 15 is 0 Å². The lowest BCUT2D eigenvalue weighted by Crippen LogP contribution is -2.30. The summed E-state index contributed by atoms with van der Waals surface area (Å²) in [6.45, 7) is 0. The van der Waals surface area contributed by atoms with E-state index in [1.54, 1.807) is 0 Å². The standard InChI is InChI=1S/C21H16O2/c22-20-18-13-7-8-14-19(18)21(23-20,17-11-5-2-6-12-17)15-16-9-3-1-4-10-16/h1-14H,15H2/t21-/m0/s1. The van der Waals surface area contributed by atoms with Gasteiger partial charge in [0.2, 0.25) is 0 Å². The van der Waals surface area contributed by atoms with Gasteiger partial charge in [0.05, 0.1) is 5.56 Å². The van der Waals surface area contributed by atoms with Crippen molar-refractivity contribution in [1.29, 1.82) is 0 Å². The number of benzene rings is 3. The van der Waals surface area contributed by atoms with Crippen LogP contribution in [0.25, 0.3) is 0 Å². The van der Waals surface area contributed by atoms with E-state index in [0.717, 1.165) is 16.7 Å². The third-order valence-electron chi connectivity index (χ3n) is 4.38. The fourth-order valence-electron chi connectivity index (χ4n) is 3.32. The highest BCUT2D eigenvalue weighted by Gasteiger charge is 2.46. The number of rotatable bonds is 3. The Hall–Kier alpha value is -2.87. The molecular weight excluding hydrogens is 284 g/mol. The molecule has 0 unspecified atom stereocenters. The molecule has 0 saturated carbocycles. The number of hydrogen-bond donors (Lipinski definition) is 0. The molecule has 3 aromatic rings. The number of fused-ring (bicyclic) bond motifs is 1. The third kappa shape index (κ3) is 2.23. The van der Waals surface area contributed by atoms with E-state index < -0.39 is 5.60 Å². The molecule has 1 aliphatic rings. The van der Waals surface area contributed by atoms with Gasteiger partial charge < -0.3 is 4.74 Å². The molecule has 1 aliphatic heterocycles. The van der Waals surface area contributed by atoms with Crippen molar-refractivity contribution in [2.24, 2.45) is 0 Å². The zero-order valence-electron chi connectivity index (χ0n) is 12.6. The van der Waals surface area contributed by atoms with Crippen molar-refractivity contribution < 1.29 is 9.53 Å². The van der Waals surface area contributed by atoms with Crippen LogP contribution in [-0.2, 0) is 16.8 Å². The Morgan fingerprint density at radius 2 is 1.35 bits per heavy atom. The molecule has 0 saturated heterocycles. The summed E-state index contributed by atoms with van der Waals surface area (Å²) < 4.78 is 5.97. The van der Waals surface area contributed by atoms with Crippen molar-refractivity contribution in [3.8, 4) is 0 Å². The molecule has 0 fully saturated rings. The van der Waals surface area contributed by atoms with Crippen LogP contribution in [-0.4, -0.2) is 5.97 Å². The van der Waals surface area contributed by atoms with E-state index in [1.807, 2.05) is 72.8 Å². The summed E-state index contributed by atoms with van der Waals surface area (Å²) in [5, 5.41) is 0. The van der Waals surface area contributed by atoms with E-state index in [-0.39, 0.29) is 5.97 Å². The van der Waals surface area contributed by atoms with Gasteiger partial charge in [-0.15, -0.1) is 0 Å². The summed E-state index contributed by atoms with van der Waals surface area (Å²) in [5.74, 6) is -0.250. The molecule has 0 aliphatic carbocycles. The van der Waals surface area contributed by atoms with Gasteiger partial charge in [-0.1, -0.05) is 78.9 Å². The van der Waals surface area contributed by atoms with Crippen LogP contribution in [0.15, 0.2) is 84.9 Å². The second-order valence-electron chi connectivity index (χ2n) is 5.79. The SMILES string of the molecule is O=C1O[C@@](Cc2ccccc2)(c2ccccc2)c2ccccc21. The second kappa shape index (κ2) is 5.40. The van der Waals surface area contributed by atoms with E-state index in [9.17, 15) is 4.79 Å². The van der Waals surface area contributed by atoms with Crippen LogP contribution in [0.2, 0.25) is 0 Å². The predicted octanol–water partition coefficient (Wildman–Crippen LogP) is 4.34. The van der Waals surface area contributed by atoms with Crippen molar-refractivity contribution in [3.63, 3.8) is 0 Å². The quantitative estimate of drug-likeness (QED) is 0.672. The molecule has 1 heterocycles. The zero-order valence-corrected chi connectivity index (χ0v) is 12.6. The molecule has 3 aromatic carbocycles.